The molecule has 2 N–H and O–H groups in total. The number of nitrogens with one attached hydrogen (secondary N) is 1. The van der Waals surface area contributed by atoms with Crippen molar-refractivity contribution in [2.75, 3.05) is 13.1 Å². The zero-order valence-corrected chi connectivity index (χ0v) is 9.89. The Morgan fingerprint density at radius 3 is 2.94 bits per heavy atom. The lowest BCUT2D eigenvalue weighted by Crippen LogP contribution is -2.47. The summed E-state index contributed by atoms with van der Waals surface area (Å²) in [5.41, 5.74) is -0.731. The van der Waals surface area contributed by atoms with Crippen LogP contribution in [-0.4, -0.2) is 18.2 Å². The third-order valence-electron chi connectivity index (χ3n) is 3.35. The predicted molar refractivity (Wildman–Crippen MR) is 62.0 cm³/mol. The van der Waals surface area contributed by atoms with Crippen LogP contribution in [0.2, 0.25) is 5.02 Å². The van der Waals surface area contributed by atoms with Gasteiger partial charge in [0.1, 0.15) is 5.82 Å². The van der Waals surface area contributed by atoms with Crippen molar-refractivity contribution in [1.29, 1.82) is 0 Å². The molecule has 1 saturated heterocycles. The lowest BCUT2D eigenvalue weighted by atomic mass is 9.77. The van der Waals surface area contributed by atoms with Gasteiger partial charge < -0.3 is 10.4 Å². The molecular weight excluding hydrogens is 229 g/mol. The van der Waals surface area contributed by atoms with Crippen LogP contribution in [0.4, 0.5) is 4.39 Å². The first-order valence-corrected chi connectivity index (χ1v) is 5.80. The van der Waals surface area contributed by atoms with Crippen molar-refractivity contribution in [3.63, 3.8) is 0 Å². The van der Waals surface area contributed by atoms with Crippen LogP contribution in [0.25, 0.3) is 0 Å². The fraction of sp³-hybridized carbons (Fsp3) is 0.500. The van der Waals surface area contributed by atoms with Crippen molar-refractivity contribution < 1.29 is 9.50 Å². The van der Waals surface area contributed by atoms with Gasteiger partial charge in [-0.15, -0.1) is 0 Å². The fourth-order valence-corrected chi connectivity index (χ4v) is 2.41. The lowest BCUT2D eigenvalue weighted by Gasteiger charge is -2.39. The molecule has 0 aromatic heterocycles. The van der Waals surface area contributed by atoms with E-state index in [4.69, 9.17) is 11.6 Å². The Bertz CT molecular complexity index is 399. The molecule has 2 unspecified atom stereocenters. The van der Waals surface area contributed by atoms with Gasteiger partial charge in [0, 0.05) is 23.0 Å². The predicted octanol–water partition coefficient (Wildman–Crippen LogP) is 2.30. The highest BCUT2D eigenvalue weighted by Gasteiger charge is 2.39. The molecule has 1 aliphatic heterocycles. The van der Waals surface area contributed by atoms with Gasteiger partial charge >= 0.3 is 0 Å². The van der Waals surface area contributed by atoms with Gasteiger partial charge in [0.25, 0.3) is 0 Å². The van der Waals surface area contributed by atoms with Crippen LogP contribution in [0.5, 0.6) is 0 Å². The second-order valence-electron chi connectivity index (χ2n) is 4.40. The van der Waals surface area contributed by atoms with Crippen LogP contribution < -0.4 is 5.32 Å². The van der Waals surface area contributed by atoms with Gasteiger partial charge in [0.15, 0.2) is 0 Å². The van der Waals surface area contributed by atoms with Crippen molar-refractivity contribution >= 4 is 11.6 Å². The molecule has 1 aromatic carbocycles. The van der Waals surface area contributed by atoms with E-state index in [-0.39, 0.29) is 5.92 Å². The van der Waals surface area contributed by atoms with Gasteiger partial charge in [-0.2, -0.15) is 0 Å². The van der Waals surface area contributed by atoms with Crippen LogP contribution in [0, 0.1) is 11.7 Å². The minimum atomic E-state index is -1.08. The van der Waals surface area contributed by atoms with Crippen LogP contribution in [0.3, 0.4) is 0 Å². The summed E-state index contributed by atoms with van der Waals surface area (Å²) in [6.45, 7) is 3.31. The summed E-state index contributed by atoms with van der Waals surface area (Å²) in [7, 11) is 0. The summed E-state index contributed by atoms with van der Waals surface area (Å²) in [5.74, 6) is -0.444. The first kappa shape index (κ1) is 11.8. The summed E-state index contributed by atoms with van der Waals surface area (Å²) in [5, 5.41) is 14.1. The molecule has 4 heteroatoms. The Morgan fingerprint density at radius 2 is 2.31 bits per heavy atom. The number of hydrogen-bond acceptors (Lipinski definition) is 2. The van der Waals surface area contributed by atoms with E-state index in [9.17, 15) is 9.50 Å². The SMILES string of the molecule is CC1CNCCC1(O)c1ccc(Cl)cc1F. The van der Waals surface area contributed by atoms with Crippen LogP contribution in [-0.2, 0) is 5.60 Å². The van der Waals surface area contributed by atoms with Gasteiger partial charge in [-0.05, 0) is 25.1 Å². The van der Waals surface area contributed by atoms with Crippen LogP contribution in [0.1, 0.15) is 18.9 Å². The second-order valence-corrected chi connectivity index (χ2v) is 4.84. The maximum atomic E-state index is 13.8. The second kappa shape index (κ2) is 4.32. The van der Waals surface area contributed by atoms with E-state index in [0.29, 0.717) is 30.1 Å². The minimum absolute atomic E-state index is 0.0167. The molecule has 0 spiro atoms. The fourth-order valence-electron chi connectivity index (χ4n) is 2.25. The van der Waals surface area contributed by atoms with E-state index in [1.54, 1.807) is 12.1 Å². The highest BCUT2D eigenvalue weighted by Crippen LogP contribution is 2.36. The maximum absolute atomic E-state index is 13.8. The summed E-state index contributed by atoms with van der Waals surface area (Å²) in [4.78, 5) is 0. The molecule has 2 rings (SSSR count). The zero-order chi connectivity index (χ0) is 11.8. The normalized spacial score (nSPS) is 30.4. The number of hydrogen-bond donors (Lipinski definition) is 2. The Labute approximate surface area is 99.4 Å². The topological polar surface area (TPSA) is 32.3 Å². The van der Waals surface area contributed by atoms with E-state index in [1.807, 2.05) is 6.92 Å². The summed E-state index contributed by atoms with van der Waals surface area (Å²) < 4.78 is 13.8. The van der Waals surface area contributed by atoms with Crippen molar-refractivity contribution in [1.82, 2.24) is 5.32 Å². The number of benzene rings is 1. The quantitative estimate of drug-likeness (QED) is 0.793. The third-order valence-corrected chi connectivity index (χ3v) is 3.58. The molecule has 0 aliphatic carbocycles. The Balaban J connectivity index is 2.41. The number of piperidine rings is 1. The smallest absolute Gasteiger partial charge is 0.130 e. The zero-order valence-electron chi connectivity index (χ0n) is 9.13. The summed E-state index contributed by atoms with van der Waals surface area (Å²) in [6.07, 6.45) is 0.521. The molecule has 0 saturated carbocycles. The molecule has 1 fully saturated rings. The lowest BCUT2D eigenvalue weighted by molar-refractivity contribution is -0.0419. The van der Waals surface area contributed by atoms with Crippen molar-refractivity contribution in [2.45, 2.75) is 18.9 Å². The molecule has 1 aromatic rings. The maximum Gasteiger partial charge on any atom is 0.130 e. The number of halogens is 2. The molecule has 1 aliphatic rings. The Hall–Kier alpha value is -0.640. The highest BCUT2D eigenvalue weighted by atomic mass is 35.5. The first-order valence-electron chi connectivity index (χ1n) is 5.42. The van der Waals surface area contributed by atoms with Crippen LogP contribution in [0.15, 0.2) is 18.2 Å². The molecule has 2 atom stereocenters. The third kappa shape index (κ3) is 1.95. The van der Waals surface area contributed by atoms with E-state index in [0.717, 1.165) is 0 Å². The monoisotopic (exact) mass is 243 g/mol. The Morgan fingerprint density at radius 1 is 1.56 bits per heavy atom. The van der Waals surface area contributed by atoms with Crippen molar-refractivity contribution in [2.24, 2.45) is 5.92 Å². The molecule has 88 valence electrons. The van der Waals surface area contributed by atoms with Gasteiger partial charge in [0.2, 0.25) is 0 Å². The molecule has 0 bridgehead atoms. The van der Waals surface area contributed by atoms with Crippen molar-refractivity contribution in [3.05, 3.63) is 34.6 Å². The van der Waals surface area contributed by atoms with E-state index >= 15 is 0 Å². The highest BCUT2D eigenvalue weighted by molar-refractivity contribution is 6.30. The van der Waals surface area contributed by atoms with Gasteiger partial charge in [-0.3, -0.25) is 0 Å². The van der Waals surface area contributed by atoms with E-state index in [1.165, 1.54) is 6.07 Å². The minimum Gasteiger partial charge on any atom is -0.385 e. The average Bonchev–Trinajstić information content (AvgIpc) is 2.22. The standard InChI is InChI=1S/C12H15ClFNO/c1-8-7-15-5-4-12(8,16)10-3-2-9(13)6-11(10)14/h2-3,6,8,15-16H,4-5,7H2,1H3. The first-order chi connectivity index (χ1) is 7.54. The molecule has 16 heavy (non-hydrogen) atoms. The van der Waals surface area contributed by atoms with Gasteiger partial charge in [-0.25, -0.2) is 4.39 Å². The van der Waals surface area contributed by atoms with Crippen LogP contribution >= 0.6 is 11.6 Å². The molecule has 0 radical (unpaired) electrons. The molecule has 0 amide bonds. The Kier molecular flexibility index (Phi) is 3.19. The number of aliphatic hydroxyl groups is 1. The average molecular weight is 244 g/mol. The van der Waals surface area contributed by atoms with Gasteiger partial charge in [-0.1, -0.05) is 24.6 Å². The van der Waals surface area contributed by atoms with Crippen molar-refractivity contribution in [3.8, 4) is 0 Å². The molecular formula is C12H15ClFNO. The van der Waals surface area contributed by atoms with Gasteiger partial charge in [0.05, 0.1) is 5.60 Å². The van der Waals surface area contributed by atoms with E-state index < -0.39 is 11.4 Å². The van der Waals surface area contributed by atoms with E-state index in [2.05, 4.69) is 5.32 Å². The molecule has 1 heterocycles. The summed E-state index contributed by atoms with van der Waals surface area (Å²) >= 11 is 5.70. The largest absolute Gasteiger partial charge is 0.385 e. The molecule has 2 nitrogen and oxygen atoms in total. The summed E-state index contributed by atoms with van der Waals surface area (Å²) in [6, 6.07) is 4.45. The number of rotatable bonds is 1.